The summed E-state index contributed by atoms with van der Waals surface area (Å²) in [6.45, 7) is 10.1. The normalized spacial score (nSPS) is 17.1. The fourth-order valence-corrected chi connectivity index (χ4v) is 2.28. The molecule has 18 heavy (non-hydrogen) atoms. The van der Waals surface area contributed by atoms with E-state index in [4.69, 9.17) is 0 Å². The van der Waals surface area contributed by atoms with Gasteiger partial charge in [0.15, 0.2) is 0 Å². The molecule has 0 spiro atoms. The van der Waals surface area contributed by atoms with Gasteiger partial charge in [0.25, 0.3) is 0 Å². The SMILES string of the molecule is CCCNCCN1CCN(c2ccccn2)CC1. The molecule has 1 fully saturated rings. The Hall–Kier alpha value is -1.13. The van der Waals surface area contributed by atoms with Crippen molar-refractivity contribution >= 4 is 5.82 Å². The van der Waals surface area contributed by atoms with Gasteiger partial charge >= 0.3 is 0 Å². The van der Waals surface area contributed by atoms with E-state index in [2.05, 4.69) is 39.2 Å². The molecule has 4 nitrogen and oxygen atoms in total. The molecule has 100 valence electrons. The topological polar surface area (TPSA) is 31.4 Å². The minimum absolute atomic E-state index is 1.09. The summed E-state index contributed by atoms with van der Waals surface area (Å²) in [5.74, 6) is 1.11. The largest absolute Gasteiger partial charge is 0.354 e. The molecule has 0 radical (unpaired) electrons. The standard InChI is InChI=1S/C14H24N4/c1-2-6-15-8-9-17-10-12-18(13-11-17)14-5-3-4-7-16-14/h3-5,7,15H,2,6,8-13H2,1H3. The van der Waals surface area contributed by atoms with Gasteiger partial charge in [0.2, 0.25) is 0 Å². The molecule has 1 aromatic rings. The number of anilines is 1. The van der Waals surface area contributed by atoms with Gasteiger partial charge in [0.05, 0.1) is 0 Å². The fourth-order valence-electron chi connectivity index (χ4n) is 2.28. The monoisotopic (exact) mass is 248 g/mol. The van der Waals surface area contributed by atoms with Crippen molar-refractivity contribution in [3.05, 3.63) is 24.4 Å². The highest BCUT2D eigenvalue weighted by Gasteiger charge is 2.16. The molecular formula is C14H24N4. The summed E-state index contributed by atoms with van der Waals surface area (Å²) in [7, 11) is 0. The number of pyridine rings is 1. The second-order valence-corrected chi connectivity index (χ2v) is 4.77. The maximum atomic E-state index is 4.41. The Labute approximate surface area is 110 Å². The smallest absolute Gasteiger partial charge is 0.128 e. The second kappa shape index (κ2) is 7.34. The summed E-state index contributed by atoms with van der Waals surface area (Å²) in [6.07, 6.45) is 3.09. The Balaban J connectivity index is 1.68. The molecule has 4 heteroatoms. The van der Waals surface area contributed by atoms with Gasteiger partial charge < -0.3 is 10.2 Å². The van der Waals surface area contributed by atoms with Crippen LogP contribution in [0.4, 0.5) is 5.82 Å². The van der Waals surface area contributed by atoms with E-state index in [0.29, 0.717) is 0 Å². The van der Waals surface area contributed by atoms with Crippen LogP contribution >= 0.6 is 0 Å². The molecule has 1 aliphatic rings. The quantitative estimate of drug-likeness (QED) is 0.767. The Morgan fingerprint density at radius 2 is 2.00 bits per heavy atom. The lowest BCUT2D eigenvalue weighted by Crippen LogP contribution is -2.48. The molecule has 1 saturated heterocycles. The Morgan fingerprint density at radius 1 is 1.17 bits per heavy atom. The van der Waals surface area contributed by atoms with Crippen LogP contribution in [0.5, 0.6) is 0 Å². The molecule has 0 aromatic carbocycles. The van der Waals surface area contributed by atoms with Crippen molar-refractivity contribution in [2.45, 2.75) is 13.3 Å². The van der Waals surface area contributed by atoms with Gasteiger partial charge in [-0.3, -0.25) is 4.90 Å². The minimum Gasteiger partial charge on any atom is -0.354 e. The summed E-state index contributed by atoms with van der Waals surface area (Å²) in [6, 6.07) is 6.13. The van der Waals surface area contributed by atoms with Crippen molar-refractivity contribution in [1.82, 2.24) is 15.2 Å². The number of rotatable bonds is 6. The number of piperazine rings is 1. The van der Waals surface area contributed by atoms with Crippen molar-refractivity contribution in [3.63, 3.8) is 0 Å². The molecule has 0 bridgehead atoms. The molecule has 1 N–H and O–H groups in total. The molecule has 2 rings (SSSR count). The lowest BCUT2D eigenvalue weighted by atomic mass is 10.3. The number of nitrogens with one attached hydrogen (secondary N) is 1. The van der Waals surface area contributed by atoms with Crippen molar-refractivity contribution in [3.8, 4) is 0 Å². The van der Waals surface area contributed by atoms with Crippen LogP contribution in [0.25, 0.3) is 0 Å². The molecule has 0 atom stereocenters. The van der Waals surface area contributed by atoms with E-state index in [1.807, 2.05) is 12.3 Å². The maximum absolute atomic E-state index is 4.41. The number of hydrogen-bond donors (Lipinski definition) is 1. The van der Waals surface area contributed by atoms with E-state index in [-0.39, 0.29) is 0 Å². The molecule has 2 heterocycles. The van der Waals surface area contributed by atoms with Gasteiger partial charge in [-0.1, -0.05) is 13.0 Å². The first-order chi connectivity index (χ1) is 8.90. The number of nitrogens with zero attached hydrogens (tertiary/aromatic N) is 3. The predicted octanol–water partition coefficient (Wildman–Crippen LogP) is 1.20. The van der Waals surface area contributed by atoms with Crippen LogP contribution in [-0.4, -0.2) is 55.7 Å². The van der Waals surface area contributed by atoms with Crippen LogP contribution in [0, 0.1) is 0 Å². The average Bonchev–Trinajstić information content (AvgIpc) is 2.45. The zero-order valence-electron chi connectivity index (χ0n) is 11.3. The van der Waals surface area contributed by atoms with E-state index in [1.54, 1.807) is 0 Å². The van der Waals surface area contributed by atoms with Gasteiger partial charge in [0.1, 0.15) is 5.82 Å². The van der Waals surface area contributed by atoms with Gasteiger partial charge in [0, 0.05) is 45.5 Å². The summed E-state index contributed by atoms with van der Waals surface area (Å²) in [4.78, 5) is 9.31. The Kier molecular flexibility index (Phi) is 5.42. The first kappa shape index (κ1) is 13.3. The van der Waals surface area contributed by atoms with Crippen LogP contribution in [0.15, 0.2) is 24.4 Å². The van der Waals surface area contributed by atoms with E-state index < -0.39 is 0 Å². The van der Waals surface area contributed by atoms with Gasteiger partial charge in [-0.2, -0.15) is 0 Å². The lowest BCUT2D eigenvalue weighted by molar-refractivity contribution is 0.257. The Bertz CT molecular complexity index is 320. The fraction of sp³-hybridized carbons (Fsp3) is 0.643. The van der Waals surface area contributed by atoms with Gasteiger partial charge in [-0.15, -0.1) is 0 Å². The Morgan fingerprint density at radius 3 is 2.67 bits per heavy atom. The van der Waals surface area contributed by atoms with Crippen molar-refractivity contribution in [2.24, 2.45) is 0 Å². The third-order valence-corrected chi connectivity index (χ3v) is 3.38. The zero-order valence-corrected chi connectivity index (χ0v) is 11.3. The van der Waals surface area contributed by atoms with Crippen molar-refractivity contribution in [2.75, 3.05) is 50.7 Å². The lowest BCUT2D eigenvalue weighted by Gasteiger charge is -2.35. The van der Waals surface area contributed by atoms with Gasteiger partial charge in [-0.05, 0) is 25.1 Å². The minimum atomic E-state index is 1.09. The van der Waals surface area contributed by atoms with E-state index in [9.17, 15) is 0 Å². The first-order valence-corrected chi connectivity index (χ1v) is 6.99. The maximum Gasteiger partial charge on any atom is 0.128 e. The first-order valence-electron chi connectivity index (χ1n) is 6.99. The van der Waals surface area contributed by atoms with E-state index in [1.165, 1.54) is 6.42 Å². The summed E-state index contributed by atoms with van der Waals surface area (Å²) in [5, 5.41) is 3.46. The summed E-state index contributed by atoms with van der Waals surface area (Å²) in [5.41, 5.74) is 0. The molecule has 0 saturated carbocycles. The molecule has 0 unspecified atom stereocenters. The molecule has 1 aromatic heterocycles. The van der Waals surface area contributed by atoms with Crippen molar-refractivity contribution < 1.29 is 0 Å². The predicted molar refractivity (Wildman–Crippen MR) is 76.1 cm³/mol. The zero-order chi connectivity index (χ0) is 12.6. The van der Waals surface area contributed by atoms with E-state index in [0.717, 1.165) is 51.6 Å². The highest BCUT2D eigenvalue weighted by Crippen LogP contribution is 2.11. The summed E-state index contributed by atoms with van der Waals surface area (Å²) >= 11 is 0. The molecule has 0 aliphatic carbocycles. The van der Waals surface area contributed by atoms with Crippen LogP contribution in [-0.2, 0) is 0 Å². The molecular weight excluding hydrogens is 224 g/mol. The molecule has 0 amide bonds. The van der Waals surface area contributed by atoms with Gasteiger partial charge in [-0.25, -0.2) is 4.98 Å². The molecule has 1 aliphatic heterocycles. The number of aromatic nitrogens is 1. The highest BCUT2D eigenvalue weighted by molar-refractivity contribution is 5.38. The second-order valence-electron chi connectivity index (χ2n) is 4.77. The third-order valence-electron chi connectivity index (χ3n) is 3.38. The highest BCUT2D eigenvalue weighted by atomic mass is 15.3. The van der Waals surface area contributed by atoms with Crippen LogP contribution in [0.3, 0.4) is 0 Å². The van der Waals surface area contributed by atoms with Crippen LogP contribution in [0.1, 0.15) is 13.3 Å². The summed E-state index contributed by atoms with van der Waals surface area (Å²) < 4.78 is 0. The van der Waals surface area contributed by atoms with Crippen LogP contribution < -0.4 is 10.2 Å². The number of hydrogen-bond acceptors (Lipinski definition) is 4. The van der Waals surface area contributed by atoms with Crippen LogP contribution in [0.2, 0.25) is 0 Å². The average molecular weight is 248 g/mol. The van der Waals surface area contributed by atoms with E-state index >= 15 is 0 Å². The van der Waals surface area contributed by atoms with Crippen molar-refractivity contribution in [1.29, 1.82) is 0 Å². The third kappa shape index (κ3) is 3.96.